The molecule has 1 aromatic rings. The number of carbonyl (C=O) groups excluding carboxylic acids is 1. The zero-order valence-corrected chi connectivity index (χ0v) is 12.8. The monoisotopic (exact) mass is 294 g/mol. The van der Waals surface area contributed by atoms with Crippen LogP contribution in [0.3, 0.4) is 0 Å². The number of nitrogens with two attached hydrogens (primary N) is 1. The standard InChI is InChI=1S/C16H23ClN2O/c1-2-6-12(11-18)16(20)19-10-5-9-15(19)13-7-3-4-8-14(13)17/h3-4,7-8,12,15H,2,5-6,9-11,18H2,1H3. The van der Waals surface area contributed by atoms with Crippen LogP contribution in [0, 0.1) is 5.92 Å². The molecule has 4 heteroatoms. The van der Waals surface area contributed by atoms with Crippen LogP contribution in [-0.2, 0) is 4.79 Å². The molecule has 1 heterocycles. The lowest BCUT2D eigenvalue weighted by atomic mass is 9.99. The van der Waals surface area contributed by atoms with Gasteiger partial charge in [0.05, 0.1) is 12.0 Å². The van der Waals surface area contributed by atoms with Gasteiger partial charge in [-0.25, -0.2) is 0 Å². The number of carbonyl (C=O) groups is 1. The molecule has 1 aliphatic rings. The molecule has 1 aliphatic heterocycles. The third kappa shape index (κ3) is 3.15. The second kappa shape index (κ2) is 7.09. The van der Waals surface area contributed by atoms with E-state index in [4.69, 9.17) is 17.3 Å². The topological polar surface area (TPSA) is 46.3 Å². The van der Waals surface area contributed by atoms with Gasteiger partial charge in [0.15, 0.2) is 0 Å². The van der Waals surface area contributed by atoms with Crippen molar-refractivity contribution in [2.75, 3.05) is 13.1 Å². The Morgan fingerprint density at radius 2 is 2.25 bits per heavy atom. The van der Waals surface area contributed by atoms with Crippen LogP contribution in [-0.4, -0.2) is 23.9 Å². The number of nitrogens with zero attached hydrogens (tertiary/aromatic N) is 1. The smallest absolute Gasteiger partial charge is 0.227 e. The van der Waals surface area contributed by atoms with Gasteiger partial charge >= 0.3 is 0 Å². The second-order valence-electron chi connectivity index (χ2n) is 5.43. The van der Waals surface area contributed by atoms with Crippen molar-refractivity contribution in [1.82, 2.24) is 4.90 Å². The number of halogens is 1. The van der Waals surface area contributed by atoms with Gasteiger partial charge in [-0.15, -0.1) is 0 Å². The quantitative estimate of drug-likeness (QED) is 0.905. The average Bonchev–Trinajstić information content (AvgIpc) is 2.93. The molecule has 2 N–H and O–H groups in total. The van der Waals surface area contributed by atoms with Crippen molar-refractivity contribution in [3.8, 4) is 0 Å². The van der Waals surface area contributed by atoms with Gasteiger partial charge in [-0.05, 0) is 30.9 Å². The second-order valence-corrected chi connectivity index (χ2v) is 5.84. The summed E-state index contributed by atoms with van der Waals surface area (Å²) in [5, 5.41) is 0.747. The predicted octanol–water partition coefficient (Wildman–Crippen LogP) is 3.38. The van der Waals surface area contributed by atoms with E-state index in [9.17, 15) is 4.79 Å². The number of amides is 1. The van der Waals surface area contributed by atoms with Gasteiger partial charge in [0.1, 0.15) is 0 Å². The molecule has 1 fully saturated rings. The van der Waals surface area contributed by atoms with Crippen LogP contribution in [0.2, 0.25) is 5.02 Å². The number of benzene rings is 1. The molecule has 0 spiro atoms. The van der Waals surface area contributed by atoms with Crippen LogP contribution in [0.1, 0.15) is 44.2 Å². The van der Waals surface area contributed by atoms with Crippen LogP contribution < -0.4 is 5.73 Å². The summed E-state index contributed by atoms with van der Waals surface area (Å²) in [5.41, 5.74) is 6.83. The maximum Gasteiger partial charge on any atom is 0.227 e. The summed E-state index contributed by atoms with van der Waals surface area (Å²) in [7, 11) is 0. The summed E-state index contributed by atoms with van der Waals surface area (Å²) >= 11 is 6.29. The lowest BCUT2D eigenvalue weighted by molar-refractivity contribution is -0.136. The first-order valence-corrected chi connectivity index (χ1v) is 7.81. The highest BCUT2D eigenvalue weighted by molar-refractivity contribution is 6.31. The fraction of sp³-hybridized carbons (Fsp3) is 0.562. The summed E-state index contributed by atoms with van der Waals surface area (Å²) in [6.45, 7) is 3.33. The van der Waals surface area contributed by atoms with Gasteiger partial charge in [-0.2, -0.15) is 0 Å². The van der Waals surface area contributed by atoms with E-state index in [0.717, 1.165) is 42.8 Å². The molecular weight excluding hydrogens is 272 g/mol. The van der Waals surface area contributed by atoms with E-state index in [0.29, 0.717) is 6.54 Å². The molecular formula is C16H23ClN2O. The van der Waals surface area contributed by atoms with Gasteiger partial charge < -0.3 is 10.6 Å². The van der Waals surface area contributed by atoms with E-state index in [-0.39, 0.29) is 17.9 Å². The zero-order valence-electron chi connectivity index (χ0n) is 12.0. The largest absolute Gasteiger partial charge is 0.335 e. The van der Waals surface area contributed by atoms with Gasteiger partial charge in [-0.1, -0.05) is 43.1 Å². The normalized spacial score (nSPS) is 20.1. The lowest BCUT2D eigenvalue weighted by Crippen LogP contribution is -2.38. The van der Waals surface area contributed by atoms with Gasteiger partial charge in [-0.3, -0.25) is 4.79 Å². The van der Waals surface area contributed by atoms with E-state index < -0.39 is 0 Å². The van der Waals surface area contributed by atoms with Crippen LogP contribution in [0.4, 0.5) is 0 Å². The Kier molecular flexibility index (Phi) is 5.44. The molecule has 0 saturated carbocycles. The number of likely N-dealkylation sites (tertiary alicyclic amines) is 1. The molecule has 0 radical (unpaired) electrons. The van der Waals surface area contributed by atoms with Crippen molar-refractivity contribution in [3.63, 3.8) is 0 Å². The Labute approximate surface area is 126 Å². The summed E-state index contributed by atoms with van der Waals surface area (Å²) in [5.74, 6) is 0.139. The zero-order chi connectivity index (χ0) is 14.5. The first kappa shape index (κ1) is 15.3. The van der Waals surface area contributed by atoms with Crippen LogP contribution >= 0.6 is 11.6 Å². The van der Waals surface area contributed by atoms with Crippen molar-refractivity contribution in [1.29, 1.82) is 0 Å². The molecule has 0 aliphatic carbocycles. The number of rotatable bonds is 5. The molecule has 3 nitrogen and oxygen atoms in total. The Morgan fingerprint density at radius 3 is 2.90 bits per heavy atom. The predicted molar refractivity (Wildman–Crippen MR) is 82.6 cm³/mol. The van der Waals surface area contributed by atoms with Gasteiger partial charge in [0.2, 0.25) is 5.91 Å². The summed E-state index contributed by atoms with van der Waals surface area (Å²) in [6, 6.07) is 7.93. The van der Waals surface area contributed by atoms with Crippen LogP contribution in [0.25, 0.3) is 0 Å². The van der Waals surface area contributed by atoms with Gasteiger partial charge in [0, 0.05) is 18.1 Å². The number of hydrogen-bond acceptors (Lipinski definition) is 2. The third-order valence-corrected chi connectivity index (χ3v) is 4.42. The Morgan fingerprint density at radius 1 is 1.50 bits per heavy atom. The minimum Gasteiger partial charge on any atom is -0.335 e. The van der Waals surface area contributed by atoms with E-state index in [2.05, 4.69) is 6.92 Å². The SMILES string of the molecule is CCCC(CN)C(=O)N1CCCC1c1ccccc1Cl. The van der Waals surface area contributed by atoms with Crippen molar-refractivity contribution in [2.45, 2.75) is 38.6 Å². The summed E-state index contributed by atoms with van der Waals surface area (Å²) in [6.07, 6.45) is 3.86. The summed E-state index contributed by atoms with van der Waals surface area (Å²) < 4.78 is 0. The van der Waals surface area contributed by atoms with E-state index >= 15 is 0 Å². The maximum absolute atomic E-state index is 12.7. The Hall–Kier alpha value is -1.06. The minimum atomic E-state index is -0.0527. The van der Waals surface area contributed by atoms with E-state index in [1.807, 2.05) is 29.2 Å². The van der Waals surface area contributed by atoms with E-state index in [1.165, 1.54) is 0 Å². The van der Waals surface area contributed by atoms with E-state index in [1.54, 1.807) is 0 Å². The molecule has 1 aromatic carbocycles. The molecule has 0 aromatic heterocycles. The third-order valence-electron chi connectivity index (χ3n) is 4.07. The highest BCUT2D eigenvalue weighted by atomic mass is 35.5. The van der Waals surface area contributed by atoms with Crippen molar-refractivity contribution in [3.05, 3.63) is 34.9 Å². The molecule has 1 amide bonds. The van der Waals surface area contributed by atoms with Crippen molar-refractivity contribution < 1.29 is 4.79 Å². The van der Waals surface area contributed by atoms with Crippen LogP contribution in [0.15, 0.2) is 24.3 Å². The highest BCUT2D eigenvalue weighted by Crippen LogP contribution is 2.36. The van der Waals surface area contributed by atoms with Crippen LogP contribution in [0.5, 0.6) is 0 Å². The van der Waals surface area contributed by atoms with Gasteiger partial charge in [0.25, 0.3) is 0 Å². The molecule has 20 heavy (non-hydrogen) atoms. The summed E-state index contributed by atoms with van der Waals surface area (Å²) in [4.78, 5) is 14.6. The molecule has 0 bridgehead atoms. The molecule has 1 saturated heterocycles. The Balaban J connectivity index is 2.19. The molecule has 2 rings (SSSR count). The lowest BCUT2D eigenvalue weighted by Gasteiger charge is -2.29. The molecule has 110 valence electrons. The van der Waals surface area contributed by atoms with Crippen molar-refractivity contribution in [2.24, 2.45) is 11.7 Å². The Bertz CT molecular complexity index is 464. The highest BCUT2D eigenvalue weighted by Gasteiger charge is 2.33. The first-order chi connectivity index (χ1) is 9.69. The van der Waals surface area contributed by atoms with Crippen molar-refractivity contribution >= 4 is 17.5 Å². The molecule has 2 unspecified atom stereocenters. The first-order valence-electron chi connectivity index (χ1n) is 7.44. The number of hydrogen-bond donors (Lipinski definition) is 1. The molecule has 2 atom stereocenters. The fourth-order valence-electron chi connectivity index (χ4n) is 3.02. The maximum atomic E-state index is 12.7. The minimum absolute atomic E-state index is 0.0527. The average molecular weight is 295 g/mol. The fourth-order valence-corrected chi connectivity index (χ4v) is 3.29.